The summed E-state index contributed by atoms with van der Waals surface area (Å²) in [6.45, 7) is 6.58. The molecule has 368 valence electrons. The highest BCUT2D eigenvalue weighted by Crippen LogP contribution is 2.44. The number of carbonyl (C=O) groups excluding carboxylic acids is 2. The number of benzene rings is 3. The highest BCUT2D eigenvalue weighted by molar-refractivity contribution is 6.07. The van der Waals surface area contributed by atoms with Crippen LogP contribution < -0.4 is 20.9 Å². The van der Waals surface area contributed by atoms with Crippen LogP contribution in [-0.4, -0.2) is 48.5 Å². The third kappa shape index (κ3) is 9.56. The van der Waals surface area contributed by atoms with Gasteiger partial charge in [-0.2, -0.15) is 45.3 Å². The molecule has 12 nitrogen and oxygen atoms in total. The van der Waals surface area contributed by atoms with Crippen molar-refractivity contribution in [3.63, 3.8) is 0 Å². The number of pyridine rings is 2. The largest absolute Gasteiger partial charge is 0.481 e. The molecule has 0 fully saturated rings. The minimum Gasteiger partial charge on any atom is -0.481 e. The molecule has 0 aliphatic heterocycles. The van der Waals surface area contributed by atoms with E-state index in [1.807, 2.05) is 0 Å². The van der Waals surface area contributed by atoms with Crippen LogP contribution in [0.1, 0.15) is 73.6 Å². The summed E-state index contributed by atoms with van der Waals surface area (Å²) in [5, 5.41) is 11.8. The third-order valence-corrected chi connectivity index (χ3v) is 11.0. The minimum absolute atomic E-state index is 0.0779. The SMILES string of the molecule is COc1nccc2c(-n3nc(-c4nn(-c5ccc(-c6cccc7c(=O)[nH]ccc67)cc5)c(C(F)(F)F)c4C(=O)N/C(F)=C(\C)C(F)=C(C)C)c(C(=O)N/C(F)=C(\C)C(F)=C(C)C)c3C(F)(F)F)cccc12. The van der Waals surface area contributed by atoms with Crippen molar-refractivity contribution in [1.82, 2.24) is 40.2 Å². The van der Waals surface area contributed by atoms with Crippen LogP contribution in [0.3, 0.4) is 0 Å². The number of methoxy groups -OCH3 is 1. The molecule has 4 aromatic heterocycles. The molecule has 0 atom stereocenters. The second-order valence-corrected chi connectivity index (χ2v) is 16.2. The summed E-state index contributed by atoms with van der Waals surface area (Å²) in [6.07, 6.45) is -8.90. The van der Waals surface area contributed by atoms with Crippen LogP contribution in [-0.2, 0) is 12.4 Å². The predicted octanol–water partition coefficient (Wildman–Crippen LogP) is 12.2. The summed E-state index contributed by atoms with van der Waals surface area (Å²) in [7, 11) is 1.21. The maximum atomic E-state index is 15.8. The standard InChI is InChI=1S/C49H38F10N8O4/c1-22(2)36(50)24(5)42(52)62-45(69)34-38(64-66(40(34)48(54,55)56)27-16-14-26(15-17-27)28-10-8-11-31-29(28)18-20-60-44(31)68)39-35(46(70)63-43(53)25(6)37(51)23(3)4)41(49(57,58)59)67(65-39)33-13-9-12-32-30(33)19-21-61-47(32)71-7/h8-21H,1-7H3,(H,60,68)(H,62,69)(H,63,70)/b42-24+,43-25+. The number of allylic oxidation sites excluding steroid dienone is 6. The van der Waals surface area contributed by atoms with Crippen molar-refractivity contribution in [2.24, 2.45) is 0 Å². The van der Waals surface area contributed by atoms with E-state index >= 15 is 35.1 Å². The lowest BCUT2D eigenvalue weighted by Gasteiger charge is -2.15. The quantitative estimate of drug-likeness (QED) is 0.0664. The van der Waals surface area contributed by atoms with Crippen molar-refractivity contribution in [2.75, 3.05) is 7.11 Å². The monoisotopic (exact) mass is 992 g/mol. The van der Waals surface area contributed by atoms with Gasteiger partial charge in [0.1, 0.15) is 34.2 Å². The van der Waals surface area contributed by atoms with Gasteiger partial charge in [0.05, 0.1) is 18.5 Å². The Morgan fingerprint density at radius 2 is 1.13 bits per heavy atom. The lowest BCUT2D eigenvalue weighted by Crippen LogP contribution is -2.27. The fourth-order valence-corrected chi connectivity index (χ4v) is 7.70. The smallest absolute Gasteiger partial charge is 0.434 e. The van der Waals surface area contributed by atoms with Crippen molar-refractivity contribution in [3.8, 4) is 39.8 Å². The normalized spacial score (nSPS) is 12.6. The fourth-order valence-electron chi connectivity index (χ4n) is 7.70. The van der Waals surface area contributed by atoms with E-state index in [9.17, 15) is 23.2 Å². The number of rotatable bonds is 11. The Morgan fingerprint density at radius 3 is 1.65 bits per heavy atom. The summed E-state index contributed by atoms with van der Waals surface area (Å²) in [5.74, 6) is -10.3. The number of H-pyrrole nitrogens is 1. The number of amides is 2. The van der Waals surface area contributed by atoms with Gasteiger partial charge in [-0.25, -0.2) is 23.1 Å². The number of nitrogens with zero attached hydrogens (tertiary/aromatic N) is 5. The van der Waals surface area contributed by atoms with Gasteiger partial charge in [-0.05, 0) is 112 Å². The molecule has 3 N–H and O–H groups in total. The van der Waals surface area contributed by atoms with Gasteiger partial charge in [0.15, 0.2) is 23.3 Å². The third-order valence-electron chi connectivity index (χ3n) is 11.0. The Balaban J connectivity index is 1.60. The van der Waals surface area contributed by atoms with Crippen LogP contribution in [0.4, 0.5) is 43.9 Å². The summed E-state index contributed by atoms with van der Waals surface area (Å²) >= 11 is 0. The maximum absolute atomic E-state index is 15.8. The number of halogens is 10. The van der Waals surface area contributed by atoms with Crippen LogP contribution in [0.5, 0.6) is 5.88 Å². The van der Waals surface area contributed by atoms with Gasteiger partial charge in [0, 0.05) is 39.7 Å². The Bertz CT molecular complexity index is 3500. The van der Waals surface area contributed by atoms with Crippen LogP contribution in [0.15, 0.2) is 136 Å². The fraction of sp³-hybridized carbons (Fsp3) is 0.184. The number of carbonyl (C=O) groups is 2. The Kier molecular flexibility index (Phi) is 13.7. The first-order valence-electron chi connectivity index (χ1n) is 20.9. The molecule has 0 bridgehead atoms. The van der Waals surface area contributed by atoms with Gasteiger partial charge in [0.2, 0.25) is 5.88 Å². The number of hydrogen-bond acceptors (Lipinski definition) is 7. The number of alkyl halides is 6. The van der Waals surface area contributed by atoms with E-state index in [2.05, 4.69) is 20.2 Å². The lowest BCUT2D eigenvalue weighted by atomic mass is 9.99. The van der Waals surface area contributed by atoms with Crippen molar-refractivity contribution in [2.45, 2.75) is 53.9 Å². The van der Waals surface area contributed by atoms with Crippen LogP contribution in [0.25, 0.3) is 55.4 Å². The summed E-state index contributed by atoms with van der Waals surface area (Å²) in [6, 6.07) is 16.0. The molecule has 4 heterocycles. The summed E-state index contributed by atoms with van der Waals surface area (Å²) in [5.41, 5.74) is -13.1. The van der Waals surface area contributed by atoms with Gasteiger partial charge >= 0.3 is 12.4 Å². The van der Waals surface area contributed by atoms with Gasteiger partial charge in [-0.15, -0.1) is 0 Å². The van der Waals surface area contributed by atoms with Crippen LogP contribution in [0.2, 0.25) is 0 Å². The molecule has 2 amide bonds. The molecule has 0 saturated heterocycles. The average Bonchev–Trinajstić information content (AvgIpc) is 3.94. The lowest BCUT2D eigenvalue weighted by molar-refractivity contribution is -0.143. The number of fused-ring (bicyclic) bond motifs is 2. The zero-order valence-electron chi connectivity index (χ0n) is 38.2. The number of hydrogen-bond donors (Lipinski definition) is 3. The van der Waals surface area contributed by atoms with E-state index in [4.69, 9.17) is 4.74 Å². The van der Waals surface area contributed by atoms with Crippen molar-refractivity contribution < 1.29 is 58.2 Å². The molecule has 7 rings (SSSR count). The zero-order valence-corrected chi connectivity index (χ0v) is 38.2. The van der Waals surface area contributed by atoms with E-state index in [1.165, 1.54) is 88.0 Å². The second kappa shape index (κ2) is 19.2. The Hall–Kier alpha value is -8.30. The molecule has 0 spiro atoms. The van der Waals surface area contributed by atoms with E-state index in [1.54, 1.807) is 18.2 Å². The Labute approximate surface area is 395 Å². The van der Waals surface area contributed by atoms with E-state index in [-0.39, 0.29) is 42.5 Å². The number of nitrogens with one attached hydrogen (secondary N) is 3. The maximum Gasteiger partial charge on any atom is 0.434 e. The molecule has 71 heavy (non-hydrogen) atoms. The first-order valence-corrected chi connectivity index (χ1v) is 20.9. The van der Waals surface area contributed by atoms with E-state index in [0.29, 0.717) is 16.5 Å². The van der Waals surface area contributed by atoms with Gasteiger partial charge in [0.25, 0.3) is 17.4 Å². The molecule has 0 unspecified atom stereocenters. The molecule has 0 aliphatic carbocycles. The van der Waals surface area contributed by atoms with Crippen molar-refractivity contribution in [1.29, 1.82) is 0 Å². The van der Waals surface area contributed by atoms with E-state index < -0.39 is 110 Å². The van der Waals surface area contributed by atoms with Crippen molar-refractivity contribution >= 4 is 33.4 Å². The molecule has 0 radical (unpaired) electrons. The first-order chi connectivity index (χ1) is 33.4. The van der Waals surface area contributed by atoms with Gasteiger partial charge < -0.3 is 9.72 Å². The number of aromatic nitrogens is 6. The Morgan fingerprint density at radius 1 is 0.620 bits per heavy atom. The molecule has 0 aliphatic rings. The zero-order chi connectivity index (χ0) is 52.0. The van der Waals surface area contributed by atoms with Gasteiger partial charge in [-0.1, -0.05) is 30.3 Å². The van der Waals surface area contributed by atoms with Gasteiger partial charge in [-0.3, -0.25) is 25.0 Å². The summed E-state index contributed by atoms with van der Waals surface area (Å²) < 4.78 is 162. The second-order valence-electron chi connectivity index (χ2n) is 16.2. The first kappa shape index (κ1) is 50.6. The highest BCUT2D eigenvalue weighted by atomic mass is 19.4. The molecule has 3 aromatic carbocycles. The molecular weight excluding hydrogens is 955 g/mol. The summed E-state index contributed by atoms with van der Waals surface area (Å²) in [4.78, 5) is 47.8. The molecular formula is C49H38F10N8O4. The minimum atomic E-state index is -5.72. The predicted molar refractivity (Wildman–Crippen MR) is 243 cm³/mol. The van der Waals surface area contributed by atoms with Crippen molar-refractivity contribution in [3.05, 3.63) is 164 Å². The highest BCUT2D eigenvalue weighted by Gasteiger charge is 2.48. The molecule has 7 aromatic rings. The molecule has 22 heteroatoms. The average molecular weight is 993 g/mol. The number of ether oxygens (including phenoxy) is 1. The van der Waals surface area contributed by atoms with Crippen LogP contribution in [0, 0.1) is 0 Å². The number of aromatic amines is 1. The molecule has 0 saturated carbocycles. The van der Waals surface area contributed by atoms with E-state index in [0.717, 1.165) is 38.2 Å². The topological polar surface area (TPSA) is 149 Å². The van der Waals surface area contributed by atoms with Crippen LogP contribution >= 0.6 is 0 Å².